The van der Waals surface area contributed by atoms with Gasteiger partial charge in [-0.3, -0.25) is 14.5 Å². The molecule has 0 spiro atoms. The van der Waals surface area contributed by atoms with Gasteiger partial charge in [-0.15, -0.1) is 0 Å². The van der Waals surface area contributed by atoms with Gasteiger partial charge in [0.15, 0.2) is 6.19 Å². The number of carbonyl (C=O) groups excluding carboxylic acids is 2. The number of nitrogens with one attached hydrogen (secondary N) is 2. The number of nitriles is 1. The van der Waals surface area contributed by atoms with Crippen molar-refractivity contribution in [2.75, 3.05) is 18.1 Å². The average molecular weight is 607 g/mol. The SMILES string of the molecule is CCN1C(=O)[C@@H](NC(=O)c2cccc(C(F)(F)F)c2)[C@@H](c2ccc(F)cc2)c2c([C@@H](CO)NC#N)nn(-c3ccccc3)c21. The zero-order chi connectivity index (χ0) is 31.6. The minimum atomic E-state index is -4.70. The van der Waals surface area contributed by atoms with Crippen LogP contribution in [0.4, 0.5) is 23.4 Å². The minimum Gasteiger partial charge on any atom is -0.394 e. The Labute approximate surface area is 249 Å². The van der Waals surface area contributed by atoms with Crippen LogP contribution in [0.2, 0.25) is 0 Å². The van der Waals surface area contributed by atoms with Crippen LogP contribution >= 0.6 is 0 Å². The highest BCUT2D eigenvalue weighted by Crippen LogP contribution is 2.45. The molecule has 13 heteroatoms. The van der Waals surface area contributed by atoms with E-state index in [0.717, 1.165) is 12.1 Å². The molecule has 3 aromatic carbocycles. The summed E-state index contributed by atoms with van der Waals surface area (Å²) in [5.41, 5.74) is 0.128. The number of rotatable bonds is 8. The first-order valence-corrected chi connectivity index (χ1v) is 13.6. The van der Waals surface area contributed by atoms with Gasteiger partial charge >= 0.3 is 6.18 Å². The van der Waals surface area contributed by atoms with Crippen LogP contribution in [0.15, 0.2) is 78.9 Å². The van der Waals surface area contributed by atoms with E-state index in [-0.39, 0.29) is 17.8 Å². The van der Waals surface area contributed by atoms with Crippen LogP contribution in [-0.4, -0.2) is 45.9 Å². The van der Waals surface area contributed by atoms with Crippen molar-refractivity contribution < 1.29 is 32.3 Å². The summed E-state index contributed by atoms with van der Waals surface area (Å²) < 4.78 is 55.8. The standard InChI is InChI=1S/C31H26F4N6O3/c1-2-40-29-25(26(23(16-42)37-17-36)39-41(29)22-9-4-3-5-10-22)24(18-11-13-21(32)14-12-18)27(30(40)44)38-28(43)19-7-6-8-20(15-19)31(33,34)35/h3-15,23-24,27,37,42H,2,16H2,1H3,(H,38,43)/t23-,24+,27+/m1/s1. The molecule has 2 heterocycles. The number of aromatic nitrogens is 2. The summed E-state index contributed by atoms with van der Waals surface area (Å²) in [6.07, 6.45) is -2.90. The first-order chi connectivity index (χ1) is 21.1. The first-order valence-electron chi connectivity index (χ1n) is 13.6. The van der Waals surface area contributed by atoms with Gasteiger partial charge in [-0.05, 0) is 55.0 Å². The van der Waals surface area contributed by atoms with Crippen molar-refractivity contribution in [3.63, 3.8) is 0 Å². The zero-order valence-electron chi connectivity index (χ0n) is 23.2. The third-order valence-corrected chi connectivity index (χ3v) is 7.39. The smallest absolute Gasteiger partial charge is 0.394 e. The Kier molecular flexibility index (Phi) is 8.37. The number of benzene rings is 3. The van der Waals surface area contributed by atoms with Gasteiger partial charge in [0, 0.05) is 23.6 Å². The van der Waals surface area contributed by atoms with Gasteiger partial charge in [0.1, 0.15) is 23.7 Å². The normalized spacial score (nSPS) is 17.0. The molecule has 44 heavy (non-hydrogen) atoms. The van der Waals surface area contributed by atoms with Gasteiger partial charge in [0.25, 0.3) is 11.8 Å². The zero-order valence-corrected chi connectivity index (χ0v) is 23.2. The second-order valence-electron chi connectivity index (χ2n) is 10.0. The lowest BCUT2D eigenvalue weighted by molar-refractivity contribution is -0.137. The van der Waals surface area contributed by atoms with Crippen LogP contribution in [0.25, 0.3) is 5.69 Å². The van der Waals surface area contributed by atoms with Gasteiger partial charge in [-0.1, -0.05) is 36.4 Å². The molecule has 0 saturated heterocycles. The van der Waals surface area contributed by atoms with Crippen LogP contribution in [-0.2, 0) is 11.0 Å². The van der Waals surface area contributed by atoms with E-state index in [1.165, 1.54) is 39.9 Å². The molecule has 2 amide bonds. The second-order valence-corrected chi connectivity index (χ2v) is 10.0. The Morgan fingerprint density at radius 1 is 1.09 bits per heavy atom. The number of fused-ring (bicyclic) bond motifs is 1. The summed E-state index contributed by atoms with van der Waals surface area (Å²) in [4.78, 5) is 29.0. The number of para-hydroxylation sites is 1. The minimum absolute atomic E-state index is 0.103. The summed E-state index contributed by atoms with van der Waals surface area (Å²) in [6.45, 7) is 1.24. The average Bonchev–Trinajstić information content (AvgIpc) is 3.40. The first kappa shape index (κ1) is 30.2. The van der Waals surface area contributed by atoms with E-state index in [0.29, 0.717) is 28.7 Å². The molecular weight excluding hydrogens is 580 g/mol. The van der Waals surface area contributed by atoms with Crippen molar-refractivity contribution in [3.05, 3.63) is 113 Å². The van der Waals surface area contributed by atoms with Crippen molar-refractivity contribution >= 4 is 17.6 Å². The number of anilines is 1. The van der Waals surface area contributed by atoms with Gasteiger partial charge in [-0.2, -0.15) is 23.5 Å². The molecule has 3 atom stereocenters. The number of carbonyl (C=O) groups is 2. The predicted molar refractivity (Wildman–Crippen MR) is 151 cm³/mol. The van der Waals surface area contributed by atoms with Crippen molar-refractivity contribution in [3.8, 4) is 11.9 Å². The predicted octanol–water partition coefficient (Wildman–Crippen LogP) is 4.43. The lowest BCUT2D eigenvalue weighted by Gasteiger charge is -2.39. The van der Waals surface area contributed by atoms with Crippen LogP contribution < -0.4 is 15.5 Å². The fourth-order valence-corrected chi connectivity index (χ4v) is 5.40. The van der Waals surface area contributed by atoms with Gasteiger partial charge < -0.3 is 15.7 Å². The molecule has 1 aliphatic rings. The Hall–Kier alpha value is -5.22. The number of hydrogen-bond donors (Lipinski definition) is 3. The Morgan fingerprint density at radius 3 is 2.41 bits per heavy atom. The number of halogens is 4. The Balaban J connectivity index is 1.74. The maximum Gasteiger partial charge on any atom is 0.416 e. The maximum absolute atomic E-state index is 14.2. The van der Waals surface area contributed by atoms with Crippen LogP contribution in [0.1, 0.15) is 51.6 Å². The Morgan fingerprint density at radius 2 is 1.80 bits per heavy atom. The van der Waals surface area contributed by atoms with Crippen LogP contribution in [0.5, 0.6) is 0 Å². The van der Waals surface area contributed by atoms with E-state index in [4.69, 9.17) is 5.10 Å². The molecule has 0 unspecified atom stereocenters. The number of aliphatic hydroxyl groups is 1. The molecular formula is C31H26F4N6O3. The number of nitrogens with zero attached hydrogens (tertiary/aromatic N) is 4. The van der Waals surface area contributed by atoms with Crippen molar-refractivity contribution in [1.82, 2.24) is 20.4 Å². The monoisotopic (exact) mass is 606 g/mol. The molecule has 4 aromatic rings. The van der Waals surface area contributed by atoms with E-state index in [1.54, 1.807) is 43.4 Å². The summed E-state index contributed by atoms with van der Waals surface area (Å²) in [5.74, 6) is -2.83. The van der Waals surface area contributed by atoms with E-state index < -0.39 is 54.0 Å². The third-order valence-electron chi connectivity index (χ3n) is 7.39. The highest BCUT2D eigenvalue weighted by molar-refractivity contribution is 6.05. The molecule has 226 valence electrons. The molecule has 0 fully saturated rings. The third kappa shape index (κ3) is 5.59. The molecule has 5 rings (SSSR count). The van der Waals surface area contributed by atoms with Crippen molar-refractivity contribution in [1.29, 1.82) is 5.26 Å². The molecule has 1 aromatic heterocycles. The van der Waals surface area contributed by atoms with Crippen molar-refractivity contribution in [2.45, 2.75) is 31.1 Å². The molecule has 0 radical (unpaired) electrons. The second kappa shape index (κ2) is 12.2. The van der Waals surface area contributed by atoms with Gasteiger partial charge in [-0.25, -0.2) is 9.07 Å². The lowest BCUT2D eigenvalue weighted by Crippen LogP contribution is -2.55. The molecule has 3 N–H and O–H groups in total. The maximum atomic E-state index is 14.2. The fourth-order valence-electron chi connectivity index (χ4n) is 5.40. The molecule has 1 aliphatic heterocycles. The summed E-state index contributed by atoms with van der Waals surface area (Å²) >= 11 is 0. The van der Waals surface area contributed by atoms with Crippen LogP contribution in [0.3, 0.4) is 0 Å². The summed E-state index contributed by atoms with van der Waals surface area (Å²) in [5, 5.41) is 29.6. The number of amides is 2. The lowest BCUT2D eigenvalue weighted by atomic mass is 9.80. The molecule has 9 nitrogen and oxygen atoms in total. The number of likely N-dealkylation sites (N-methyl/N-ethyl adjacent to an activating group) is 1. The summed E-state index contributed by atoms with van der Waals surface area (Å²) in [7, 11) is 0. The topological polar surface area (TPSA) is 123 Å². The number of alkyl halides is 3. The molecule has 0 aliphatic carbocycles. The van der Waals surface area contributed by atoms with Crippen molar-refractivity contribution in [2.24, 2.45) is 0 Å². The van der Waals surface area contributed by atoms with E-state index in [1.807, 2.05) is 0 Å². The van der Waals surface area contributed by atoms with Crippen LogP contribution in [0, 0.1) is 17.3 Å². The van der Waals surface area contributed by atoms with Gasteiger partial charge in [0.05, 0.1) is 23.6 Å². The largest absolute Gasteiger partial charge is 0.416 e. The van der Waals surface area contributed by atoms with E-state index in [9.17, 15) is 37.5 Å². The highest BCUT2D eigenvalue weighted by atomic mass is 19.4. The fraction of sp³-hybridized carbons (Fsp3) is 0.226. The van der Waals surface area contributed by atoms with Gasteiger partial charge in [0.2, 0.25) is 0 Å². The molecule has 0 bridgehead atoms. The van der Waals surface area contributed by atoms with E-state index >= 15 is 0 Å². The Bertz CT molecular complexity index is 1720. The summed E-state index contributed by atoms with van der Waals surface area (Å²) in [6, 6.07) is 15.4. The molecule has 0 saturated carbocycles. The highest BCUT2D eigenvalue weighted by Gasteiger charge is 2.47. The number of aliphatic hydroxyl groups excluding tert-OH is 1. The van der Waals surface area contributed by atoms with E-state index in [2.05, 4.69) is 10.6 Å². The number of hydrogen-bond acceptors (Lipinski definition) is 6. The quantitative estimate of drug-likeness (QED) is 0.155.